The van der Waals surface area contributed by atoms with Gasteiger partial charge >= 0.3 is 5.69 Å². The number of thiophene rings is 1. The number of carbonyl (C=O) groups excluding carboxylic acids is 2. The number of aromatic nitrogens is 2. The lowest BCUT2D eigenvalue weighted by atomic mass is 10.1. The quantitative estimate of drug-likeness (QED) is 0.430. The normalized spacial score (nSPS) is 12.0. The SMILES string of the molecule is COCCCN(C(=O)CC(NC(C)=O)c1cccs1)c1c(N)n(CC(C)C)c(=O)[nH]c1=O. The van der Waals surface area contributed by atoms with Crippen LogP contribution in [0.15, 0.2) is 27.1 Å². The van der Waals surface area contributed by atoms with Crippen molar-refractivity contribution in [2.75, 3.05) is 30.9 Å². The van der Waals surface area contributed by atoms with E-state index in [9.17, 15) is 19.2 Å². The summed E-state index contributed by atoms with van der Waals surface area (Å²) in [6, 6.07) is 3.12. The molecule has 0 spiro atoms. The van der Waals surface area contributed by atoms with Crippen LogP contribution in [0.3, 0.4) is 0 Å². The molecule has 0 bridgehead atoms. The first kappa shape index (κ1) is 25.3. The van der Waals surface area contributed by atoms with Gasteiger partial charge in [0.1, 0.15) is 5.82 Å². The molecule has 2 heterocycles. The van der Waals surface area contributed by atoms with Crippen molar-refractivity contribution in [1.82, 2.24) is 14.9 Å². The van der Waals surface area contributed by atoms with Gasteiger partial charge in [0.25, 0.3) is 5.56 Å². The monoisotopic (exact) mass is 465 g/mol. The van der Waals surface area contributed by atoms with Crippen LogP contribution in [0.2, 0.25) is 0 Å². The molecule has 1 unspecified atom stereocenters. The second kappa shape index (κ2) is 11.6. The maximum Gasteiger partial charge on any atom is 0.330 e. The van der Waals surface area contributed by atoms with Crippen molar-refractivity contribution in [2.24, 2.45) is 5.92 Å². The molecule has 32 heavy (non-hydrogen) atoms. The maximum atomic E-state index is 13.4. The Kier molecular flexibility index (Phi) is 9.21. The summed E-state index contributed by atoms with van der Waals surface area (Å²) < 4.78 is 6.36. The van der Waals surface area contributed by atoms with Crippen molar-refractivity contribution < 1.29 is 14.3 Å². The third kappa shape index (κ3) is 6.54. The van der Waals surface area contributed by atoms with E-state index < -0.39 is 23.2 Å². The van der Waals surface area contributed by atoms with Crippen molar-refractivity contribution in [3.05, 3.63) is 43.2 Å². The fourth-order valence-electron chi connectivity index (χ4n) is 3.36. The van der Waals surface area contributed by atoms with Crippen molar-refractivity contribution in [3.8, 4) is 0 Å². The Labute approximate surface area is 190 Å². The molecule has 11 heteroatoms. The topological polar surface area (TPSA) is 140 Å². The van der Waals surface area contributed by atoms with Gasteiger partial charge in [0.2, 0.25) is 11.8 Å². The third-order valence-electron chi connectivity index (χ3n) is 4.71. The number of carbonyl (C=O) groups is 2. The summed E-state index contributed by atoms with van der Waals surface area (Å²) in [5.41, 5.74) is 4.81. The van der Waals surface area contributed by atoms with Crippen LogP contribution < -0.4 is 27.2 Å². The standard InChI is InChI=1S/C21H31N5O5S/c1-13(2)12-26-19(22)18(20(29)24-21(26)30)25(8-6-9-31-4)17(28)11-15(23-14(3)27)16-7-5-10-32-16/h5,7,10,13,15H,6,8-9,11-12,22H2,1-4H3,(H,23,27)(H,24,29,30). The minimum Gasteiger partial charge on any atom is -0.385 e. The average molecular weight is 466 g/mol. The maximum absolute atomic E-state index is 13.4. The van der Waals surface area contributed by atoms with Gasteiger partial charge in [-0.2, -0.15) is 0 Å². The molecule has 0 fully saturated rings. The van der Waals surface area contributed by atoms with Crippen LogP contribution in [0.5, 0.6) is 0 Å². The molecule has 0 aliphatic heterocycles. The van der Waals surface area contributed by atoms with E-state index in [1.165, 1.54) is 27.7 Å². The molecule has 0 radical (unpaired) electrons. The molecule has 2 aromatic rings. The van der Waals surface area contributed by atoms with Gasteiger partial charge in [0, 0.05) is 38.6 Å². The second-order valence-corrected chi connectivity index (χ2v) is 8.84. The van der Waals surface area contributed by atoms with Gasteiger partial charge in [-0.05, 0) is 23.8 Å². The largest absolute Gasteiger partial charge is 0.385 e. The highest BCUT2D eigenvalue weighted by Gasteiger charge is 2.27. The highest BCUT2D eigenvalue weighted by Crippen LogP contribution is 2.25. The van der Waals surface area contributed by atoms with Crippen LogP contribution in [0.1, 0.15) is 44.5 Å². The van der Waals surface area contributed by atoms with Crippen LogP contribution >= 0.6 is 11.3 Å². The number of ether oxygens (including phenoxy) is 1. The minimum absolute atomic E-state index is 0.0644. The summed E-state index contributed by atoms with van der Waals surface area (Å²) in [4.78, 5) is 54.5. The van der Waals surface area contributed by atoms with Gasteiger partial charge in [0.05, 0.1) is 12.5 Å². The van der Waals surface area contributed by atoms with Crippen LogP contribution in [0.25, 0.3) is 0 Å². The van der Waals surface area contributed by atoms with Gasteiger partial charge in [-0.15, -0.1) is 11.3 Å². The predicted octanol–water partition coefficient (Wildman–Crippen LogP) is 1.47. The molecule has 2 rings (SSSR count). The molecule has 2 amide bonds. The first-order chi connectivity index (χ1) is 15.1. The number of amides is 2. The predicted molar refractivity (Wildman–Crippen MR) is 125 cm³/mol. The number of methoxy groups -OCH3 is 1. The summed E-state index contributed by atoms with van der Waals surface area (Å²) in [6.07, 6.45) is 0.378. The van der Waals surface area contributed by atoms with Crippen LogP contribution in [0.4, 0.5) is 11.5 Å². The Hall–Kier alpha value is -2.92. The fourth-order valence-corrected chi connectivity index (χ4v) is 4.13. The number of hydrogen-bond acceptors (Lipinski definition) is 7. The van der Waals surface area contributed by atoms with Crippen LogP contribution in [-0.4, -0.2) is 41.6 Å². The number of nitrogens with one attached hydrogen (secondary N) is 2. The molecule has 2 aromatic heterocycles. The summed E-state index contributed by atoms with van der Waals surface area (Å²) in [7, 11) is 1.54. The van der Waals surface area contributed by atoms with E-state index in [2.05, 4.69) is 10.3 Å². The first-order valence-corrected chi connectivity index (χ1v) is 11.3. The van der Waals surface area contributed by atoms with Gasteiger partial charge < -0.3 is 20.7 Å². The highest BCUT2D eigenvalue weighted by atomic mass is 32.1. The Bertz CT molecular complexity index is 1030. The Morgan fingerprint density at radius 1 is 1.34 bits per heavy atom. The fraction of sp³-hybridized carbons (Fsp3) is 0.524. The van der Waals surface area contributed by atoms with Crippen molar-refractivity contribution in [1.29, 1.82) is 0 Å². The number of nitrogens with zero attached hydrogens (tertiary/aromatic N) is 2. The molecule has 0 aliphatic rings. The Morgan fingerprint density at radius 3 is 2.62 bits per heavy atom. The molecule has 0 saturated carbocycles. The Morgan fingerprint density at radius 2 is 2.06 bits per heavy atom. The number of hydrogen-bond donors (Lipinski definition) is 3. The molecule has 0 saturated heterocycles. The number of rotatable bonds is 11. The van der Waals surface area contributed by atoms with Gasteiger partial charge in [-0.3, -0.25) is 23.9 Å². The molecule has 0 aliphatic carbocycles. The number of anilines is 2. The number of aromatic amines is 1. The van der Waals surface area contributed by atoms with E-state index in [0.29, 0.717) is 13.0 Å². The van der Waals surface area contributed by atoms with Crippen molar-refractivity contribution >= 4 is 34.7 Å². The van der Waals surface area contributed by atoms with Gasteiger partial charge in [-0.25, -0.2) is 4.79 Å². The number of H-pyrrole nitrogens is 1. The number of nitrogen functional groups attached to an aromatic ring is 1. The molecular weight excluding hydrogens is 434 g/mol. The van der Waals surface area contributed by atoms with Crippen molar-refractivity contribution in [3.63, 3.8) is 0 Å². The zero-order valence-electron chi connectivity index (χ0n) is 18.8. The van der Waals surface area contributed by atoms with E-state index in [4.69, 9.17) is 10.5 Å². The highest BCUT2D eigenvalue weighted by molar-refractivity contribution is 7.10. The zero-order valence-corrected chi connectivity index (χ0v) is 19.7. The molecule has 1 atom stereocenters. The van der Waals surface area contributed by atoms with E-state index in [-0.39, 0.29) is 42.8 Å². The van der Waals surface area contributed by atoms with Crippen LogP contribution in [0, 0.1) is 5.92 Å². The van der Waals surface area contributed by atoms with E-state index in [1.54, 1.807) is 7.11 Å². The van der Waals surface area contributed by atoms with Crippen molar-refractivity contribution in [2.45, 2.75) is 46.2 Å². The summed E-state index contributed by atoms with van der Waals surface area (Å²) >= 11 is 1.42. The van der Waals surface area contributed by atoms with E-state index in [1.807, 2.05) is 31.4 Å². The third-order valence-corrected chi connectivity index (χ3v) is 5.69. The van der Waals surface area contributed by atoms with E-state index >= 15 is 0 Å². The van der Waals surface area contributed by atoms with Gasteiger partial charge in [0.15, 0.2) is 5.69 Å². The molecule has 4 N–H and O–H groups in total. The average Bonchev–Trinajstić information content (AvgIpc) is 3.23. The lowest BCUT2D eigenvalue weighted by Crippen LogP contribution is -2.43. The molecule has 10 nitrogen and oxygen atoms in total. The smallest absolute Gasteiger partial charge is 0.330 e. The summed E-state index contributed by atoms with van der Waals surface area (Å²) in [6.45, 7) is 6.03. The van der Waals surface area contributed by atoms with E-state index in [0.717, 1.165) is 4.88 Å². The zero-order chi connectivity index (χ0) is 23.8. The lowest BCUT2D eigenvalue weighted by molar-refractivity contribution is -0.121. The Balaban J connectivity index is 2.47. The lowest BCUT2D eigenvalue weighted by Gasteiger charge is -2.27. The molecule has 176 valence electrons. The van der Waals surface area contributed by atoms with Gasteiger partial charge in [-0.1, -0.05) is 19.9 Å². The second-order valence-electron chi connectivity index (χ2n) is 7.86. The summed E-state index contributed by atoms with van der Waals surface area (Å²) in [5.74, 6) is -0.648. The molecular formula is C21H31N5O5S. The first-order valence-electron chi connectivity index (χ1n) is 10.4. The minimum atomic E-state index is -0.731. The number of nitrogens with two attached hydrogens (primary N) is 1. The molecule has 0 aromatic carbocycles. The summed E-state index contributed by atoms with van der Waals surface area (Å²) in [5, 5.41) is 4.65. The van der Waals surface area contributed by atoms with Crippen LogP contribution in [-0.2, 0) is 20.9 Å².